The Morgan fingerprint density at radius 1 is 1.57 bits per heavy atom. The molecule has 0 aliphatic carbocycles. The second-order valence-corrected chi connectivity index (χ2v) is 3.63. The van der Waals surface area contributed by atoms with E-state index in [-0.39, 0.29) is 11.8 Å². The zero-order valence-electron chi connectivity index (χ0n) is 8.32. The van der Waals surface area contributed by atoms with E-state index in [0.717, 1.165) is 6.42 Å². The van der Waals surface area contributed by atoms with Gasteiger partial charge >= 0.3 is 5.97 Å². The number of carbonyl (C=O) groups is 2. The molecule has 80 valence electrons. The fourth-order valence-corrected chi connectivity index (χ4v) is 1.39. The maximum Gasteiger partial charge on any atom is 0.325 e. The molecule has 0 aromatic carbocycles. The molecule has 0 saturated carbocycles. The van der Waals surface area contributed by atoms with Gasteiger partial charge in [0.15, 0.2) is 0 Å². The summed E-state index contributed by atoms with van der Waals surface area (Å²) in [6.07, 6.45) is 0.358. The van der Waals surface area contributed by atoms with Gasteiger partial charge in [0.25, 0.3) is 0 Å². The number of carboxylic acid groups (broad SMARTS) is 1. The summed E-state index contributed by atoms with van der Waals surface area (Å²) in [5.41, 5.74) is 0. The average Bonchev–Trinajstić information content (AvgIpc) is 2.51. The highest BCUT2D eigenvalue weighted by Crippen LogP contribution is 2.19. The zero-order valence-corrected chi connectivity index (χ0v) is 8.32. The van der Waals surface area contributed by atoms with Crippen LogP contribution >= 0.6 is 0 Å². The first kappa shape index (κ1) is 11.0. The fraction of sp³-hybridized carbons (Fsp3) is 0.778. The van der Waals surface area contributed by atoms with E-state index in [1.54, 1.807) is 0 Å². The third-order valence-corrected chi connectivity index (χ3v) is 2.38. The van der Waals surface area contributed by atoms with Crippen molar-refractivity contribution in [1.29, 1.82) is 0 Å². The Kier molecular flexibility index (Phi) is 3.46. The van der Waals surface area contributed by atoms with Crippen LogP contribution in [0.4, 0.5) is 0 Å². The highest BCUT2D eigenvalue weighted by Gasteiger charge is 2.32. The molecule has 1 heterocycles. The predicted molar refractivity (Wildman–Crippen MR) is 48.8 cm³/mol. The van der Waals surface area contributed by atoms with Gasteiger partial charge in [0.05, 0.1) is 0 Å². The lowest BCUT2D eigenvalue weighted by molar-refractivity contribution is -0.143. The minimum Gasteiger partial charge on any atom is -0.480 e. The fourth-order valence-electron chi connectivity index (χ4n) is 1.39. The van der Waals surface area contributed by atoms with Gasteiger partial charge in [-0.1, -0.05) is 6.92 Å². The minimum atomic E-state index is -1.04. The SMILES string of the molecule is CC1CCOC1C(=O)N[C@H](C)C(=O)O. The van der Waals surface area contributed by atoms with E-state index in [9.17, 15) is 9.59 Å². The van der Waals surface area contributed by atoms with Crippen molar-refractivity contribution in [2.75, 3.05) is 6.61 Å². The van der Waals surface area contributed by atoms with Crippen molar-refractivity contribution in [3.8, 4) is 0 Å². The van der Waals surface area contributed by atoms with E-state index in [1.165, 1.54) is 6.92 Å². The van der Waals surface area contributed by atoms with Gasteiger partial charge in [-0.25, -0.2) is 0 Å². The Hall–Kier alpha value is -1.10. The second kappa shape index (κ2) is 4.41. The van der Waals surface area contributed by atoms with Gasteiger partial charge < -0.3 is 15.2 Å². The molecule has 0 radical (unpaired) electrons. The number of nitrogens with one attached hydrogen (secondary N) is 1. The van der Waals surface area contributed by atoms with Crippen LogP contribution in [0, 0.1) is 5.92 Å². The summed E-state index contributed by atoms with van der Waals surface area (Å²) in [6, 6.07) is -0.862. The molecule has 1 amide bonds. The van der Waals surface area contributed by atoms with Crippen molar-refractivity contribution < 1.29 is 19.4 Å². The summed E-state index contributed by atoms with van der Waals surface area (Å²) < 4.78 is 5.20. The number of carboxylic acids is 1. The Morgan fingerprint density at radius 2 is 2.21 bits per heavy atom. The van der Waals surface area contributed by atoms with Crippen LogP contribution in [0.2, 0.25) is 0 Å². The first-order valence-corrected chi connectivity index (χ1v) is 4.67. The highest BCUT2D eigenvalue weighted by molar-refractivity contribution is 5.86. The standard InChI is InChI=1S/C9H15NO4/c1-5-3-4-14-7(5)8(11)10-6(2)9(12)13/h5-7H,3-4H2,1-2H3,(H,10,11)(H,12,13)/t5?,6-,7?/m1/s1. The molecule has 0 aromatic rings. The molecule has 1 saturated heterocycles. The van der Waals surface area contributed by atoms with Gasteiger partial charge in [-0.15, -0.1) is 0 Å². The van der Waals surface area contributed by atoms with Gasteiger partial charge in [-0.2, -0.15) is 0 Å². The number of carbonyl (C=O) groups excluding carboxylic acids is 1. The molecule has 1 rings (SSSR count). The number of ether oxygens (including phenoxy) is 1. The van der Waals surface area contributed by atoms with Crippen molar-refractivity contribution in [2.24, 2.45) is 5.92 Å². The Bertz CT molecular complexity index is 241. The van der Waals surface area contributed by atoms with Crippen molar-refractivity contribution in [1.82, 2.24) is 5.32 Å². The van der Waals surface area contributed by atoms with Gasteiger partial charge in [-0.05, 0) is 19.3 Å². The Morgan fingerprint density at radius 3 is 2.64 bits per heavy atom. The summed E-state index contributed by atoms with van der Waals surface area (Å²) in [5, 5.41) is 11.0. The topological polar surface area (TPSA) is 75.6 Å². The van der Waals surface area contributed by atoms with E-state index in [1.807, 2.05) is 6.92 Å². The first-order chi connectivity index (χ1) is 6.52. The summed E-state index contributed by atoms with van der Waals surface area (Å²) in [4.78, 5) is 21.9. The molecular formula is C9H15NO4. The number of rotatable bonds is 3. The summed E-state index contributed by atoms with van der Waals surface area (Å²) in [6.45, 7) is 3.92. The second-order valence-electron chi connectivity index (χ2n) is 3.63. The molecule has 0 aromatic heterocycles. The Balaban J connectivity index is 2.45. The normalized spacial score (nSPS) is 28.4. The molecule has 1 fully saturated rings. The molecule has 1 aliphatic rings. The summed E-state index contributed by atoms with van der Waals surface area (Å²) in [5.74, 6) is -1.20. The van der Waals surface area contributed by atoms with Crippen LogP contribution in [0.3, 0.4) is 0 Å². The van der Waals surface area contributed by atoms with Gasteiger partial charge in [0.2, 0.25) is 5.91 Å². The largest absolute Gasteiger partial charge is 0.480 e. The zero-order chi connectivity index (χ0) is 10.7. The van der Waals surface area contributed by atoms with Gasteiger partial charge in [0, 0.05) is 6.61 Å². The summed E-state index contributed by atoms with van der Waals surface area (Å²) in [7, 11) is 0. The van der Waals surface area contributed by atoms with E-state index in [2.05, 4.69) is 5.32 Å². The molecule has 5 nitrogen and oxygen atoms in total. The van der Waals surface area contributed by atoms with Crippen molar-refractivity contribution in [2.45, 2.75) is 32.4 Å². The highest BCUT2D eigenvalue weighted by atomic mass is 16.5. The Labute approximate surface area is 82.4 Å². The third kappa shape index (κ3) is 2.45. The third-order valence-electron chi connectivity index (χ3n) is 2.38. The van der Waals surface area contributed by atoms with Crippen LogP contribution in [0.25, 0.3) is 0 Å². The lowest BCUT2D eigenvalue weighted by Crippen LogP contribution is -2.45. The molecule has 2 unspecified atom stereocenters. The van der Waals surface area contributed by atoms with Crippen molar-refractivity contribution >= 4 is 11.9 Å². The number of amides is 1. The number of hydrogen-bond donors (Lipinski definition) is 2. The van der Waals surface area contributed by atoms with Crippen LogP contribution < -0.4 is 5.32 Å². The van der Waals surface area contributed by atoms with E-state index >= 15 is 0 Å². The van der Waals surface area contributed by atoms with E-state index < -0.39 is 18.1 Å². The van der Waals surface area contributed by atoms with Crippen molar-refractivity contribution in [3.05, 3.63) is 0 Å². The quantitative estimate of drug-likeness (QED) is 0.674. The monoisotopic (exact) mass is 201 g/mol. The van der Waals surface area contributed by atoms with Crippen LogP contribution in [0.5, 0.6) is 0 Å². The van der Waals surface area contributed by atoms with E-state index in [0.29, 0.717) is 6.61 Å². The molecule has 3 atom stereocenters. The predicted octanol–water partition coefficient (Wildman–Crippen LogP) is 0.000700. The van der Waals surface area contributed by atoms with Crippen LogP contribution in [-0.4, -0.2) is 35.7 Å². The molecule has 14 heavy (non-hydrogen) atoms. The number of hydrogen-bond acceptors (Lipinski definition) is 3. The van der Waals surface area contributed by atoms with Gasteiger partial charge in [-0.3, -0.25) is 9.59 Å². The minimum absolute atomic E-state index is 0.163. The average molecular weight is 201 g/mol. The first-order valence-electron chi connectivity index (χ1n) is 4.67. The molecule has 0 bridgehead atoms. The van der Waals surface area contributed by atoms with Crippen LogP contribution in [0.15, 0.2) is 0 Å². The molecule has 2 N–H and O–H groups in total. The molecule has 0 spiro atoms. The van der Waals surface area contributed by atoms with Crippen molar-refractivity contribution in [3.63, 3.8) is 0 Å². The van der Waals surface area contributed by atoms with Gasteiger partial charge in [0.1, 0.15) is 12.1 Å². The molecule has 5 heteroatoms. The maximum absolute atomic E-state index is 11.5. The summed E-state index contributed by atoms with van der Waals surface area (Å²) >= 11 is 0. The van der Waals surface area contributed by atoms with Crippen LogP contribution in [0.1, 0.15) is 20.3 Å². The van der Waals surface area contributed by atoms with Crippen LogP contribution in [-0.2, 0) is 14.3 Å². The smallest absolute Gasteiger partial charge is 0.325 e. The van der Waals surface area contributed by atoms with E-state index in [4.69, 9.17) is 9.84 Å². The number of aliphatic carboxylic acids is 1. The lowest BCUT2D eigenvalue weighted by atomic mass is 10.0. The maximum atomic E-state index is 11.5. The molecular weight excluding hydrogens is 186 g/mol. The molecule has 1 aliphatic heterocycles. The lowest BCUT2D eigenvalue weighted by Gasteiger charge is -2.16.